The summed E-state index contributed by atoms with van der Waals surface area (Å²) in [6.07, 6.45) is 0. The number of imidazole rings is 1. The number of aromatic amines is 1. The van der Waals surface area contributed by atoms with Crippen molar-refractivity contribution in [3.63, 3.8) is 0 Å². The Bertz CT molecular complexity index is 893. The van der Waals surface area contributed by atoms with Gasteiger partial charge in [-0.3, -0.25) is 9.11 Å². The van der Waals surface area contributed by atoms with Crippen LogP contribution in [0.15, 0.2) is 0 Å². The molecule has 14 nitrogen and oxygen atoms in total. The predicted octanol–water partition coefficient (Wildman–Crippen LogP) is -1.21. The fourth-order valence-corrected chi connectivity index (χ4v) is 1.25. The van der Waals surface area contributed by atoms with Crippen LogP contribution in [0.1, 0.15) is 31.7 Å². The molecule has 0 bridgehead atoms. The van der Waals surface area contributed by atoms with Crippen molar-refractivity contribution in [1.29, 1.82) is 0 Å². The van der Waals surface area contributed by atoms with E-state index in [0.29, 0.717) is 0 Å². The van der Waals surface area contributed by atoms with Gasteiger partial charge in [0.05, 0.1) is 0 Å². The first kappa shape index (κ1) is 17.9. The summed E-state index contributed by atoms with van der Waals surface area (Å²) < 4.78 is 31.6. The number of H-pyrrole nitrogens is 1. The molecule has 2 aromatic rings. The predicted molar refractivity (Wildman–Crippen MR) is 66.7 cm³/mol. The van der Waals surface area contributed by atoms with Crippen LogP contribution in [0.3, 0.4) is 0 Å². The summed E-state index contributed by atoms with van der Waals surface area (Å²) in [6, 6.07) is 0. The van der Waals surface area contributed by atoms with Gasteiger partial charge in [0.1, 0.15) is 5.52 Å². The Morgan fingerprint density at radius 2 is 1.39 bits per heavy atom. The highest BCUT2D eigenvalue weighted by atomic mass is 32.3. The summed E-state index contributed by atoms with van der Waals surface area (Å²) in [5.41, 5.74) is -1.24. The minimum Gasteiger partial charge on any atom is -0.476 e. The van der Waals surface area contributed by atoms with Crippen molar-refractivity contribution in [2.45, 2.75) is 0 Å². The second-order valence-electron chi connectivity index (χ2n) is 3.54. The molecular weight excluding hydrogens is 344 g/mol. The monoisotopic (exact) mass is 350 g/mol. The molecule has 0 saturated heterocycles. The maximum absolute atomic E-state index is 10.9. The number of hydrogen-bond acceptors (Lipinski definition) is 8. The number of aromatic carboxylic acids is 3. The first-order valence-corrected chi connectivity index (χ1v) is 6.47. The van der Waals surface area contributed by atoms with Crippen molar-refractivity contribution in [3.8, 4) is 0 Å². The van der Waals surface area contributed by atoms with Gasteiger partial charge >= 0.3 is 28.3 Å². The van der Waals surface area contributed by atoms with Crippen molar-refractivity contribution in [2.24, 2.45) is 0 Å². The molecule has 2 rings (SSSR count). The number of rotatable bonds is 3. The highest BCUT2D eigenvalue weighted by Crippen LogP contribution is 2.14. The van der Waals surface area contributed by atoms with Gasteiger partial charge in [0.15, 0.2) is 11.3 Å². The lowest BCUT2D eigenvalue weighted by Gasteiger charge is -1.97. The summed E-state index contributed by atoms with van der Waals surface area (Å²) in [5, 5.41) is 26.2. The zero-order chi connectivity index (χ0) is 17.9. The number of fused-ring (bicyclic) bond motifs is 1. The van der Waals surface area contributed by atoms with Gasteiger partial charge in [-0.15, -0.1) is 0 Å². The van der Waals surface area contributed by atoms with Crippen molar-refractivity contribution in [1.82, 2.24) is 19.9 Å². The van der Waals surface area contributed by atoms with Gasteiger partial charge in [0.25, 0.3) is 0 Å². The molecule has 0 aliphatic heterocycles. The van der Waals surface area contributed by atoms with Crippen LogP contribution in [0, 0.1) is 0 Å². The minimum atomic E-state index is -4.67. The number of hydrogen-bond donors (Lipinski definition) is 6. The summed E-state index contributed by atoms with van der Waals surface area (Å²) in [7, 11) is -4.67. The molecule has 0 saturated carbocycles. The van der Waals surface area contributed by atoms with E-state index < -0.39 is 45.6 Å². The van der Waals surface area contributed by atoms with E-state index in [4.69, 9.17) is 32.8 Å². The Hall–Kier alpha value is -3.17. The molecule has 0 unspecified atom stereocenters. The number of nitrogens with zero attached hydrogens (tertiary/aromatic N) is 3. The van der Waals surface area contributed by atoms with Gasteiger partial charge in [-0.2, -0.15) is 8.42 Å². The number of carboxylic acid groups (broad SMARTS) is 3. The summed E-state index contributed by atoms with van der Waals surface area (Å²) in [4.78, 5) is 44.6. The number of nitrogens with one attached hydrogen (secondary N) is 1. The van der Waals surface area contributed by atoms with Gasteiger partial charge in [-0.25, -0.2) is 29.3 Å². The van der Waals surface area contributed by atoms with Crippen LogP contribution in [0.25, 0.3) is 11.2 Å². The molecule has 124 valence electrons. The van der Waals surface area contributed by atoms with Crippen molar-refractivity contribution >= 4 is 39.5 Å². The van der Waals surface area contributed by atoms with E-state index in [9.17, 15) is 14.4 Å². The quantitative estimate of drug-likeness (QED) is 0.356. The number of aromatic nitrogens is 4. The van der Waals surface area contributed by atoms with E-state index in [1.165, 1.54) is 0 Å². The SMILES string of the molecule is O=C(O)c1nc(C(=O)O)c2[nH]c(C(=O)O)nc2n1.O=S(=O)(O)O. The standard InChI is InChI=1S/C8H4N4O6.H2O4S/c13-6(14)2-1-3(11-4(9-1)7(15)16)12-5(10-2)8(17)18;1-5(2,3)4/h(H,13,14)(H,15,16)(H,17,18)(H,9,10,11,12);(H2,1,2,3,4). The average Bonchev–Trinajstić information content (AvgIpc) is 2.78. The topological polar surface area (TPSA) is 241 Å². The number of carboxylic acids is 3. The normalized spacial score (nSPS) is 10.7. The van der Waals surface area contributed by atoms with Gasteiger partial charge in [0, 0.05) is 0 Å². The smallest absolute Gasteiger partial charge is 0.394 e. The van der Waals surface area contributed by atoms with Gasteiger partial charge in [0.2, 0.25) is 11.6 Å². The maximum atomic E-state index is 10.9. The Kier molecular flexibility index (Phi) is 4.90. The van der Waals surface area contributed by atoms with Gasteiger partial charge < -0.3 is 20.3 Å². The fraction of sp³-hybridized carbons (Fsp3) is 0. The molecule has 2 heterocycles. The molecule has 0 aliphatic rings. The van der Waals surface area contributed by atoms with E-state index in [1.807, 2.05) is 0 Å². The lowest BCUT2D eigenvalue weighted by atomic mass is 10.3. The number of carbonyl (C=O) groups is 3. The van der Waals surface area contributed by atoms with Crippen molar-refractivity contribution in [3.05, 3.63) is 17.3 Å². The second-order valence-corrected chi connectivity index (χ2v) is 4.44. The highest BCUT2D eigenvalue weighted by Gasteiger charge is 2.22. The van der Waals surface area contributed by atoms with E-state index in [0.717, 1.165) is 0 Å². The molecule has 6 N–H and O–H groups in total. The Balaban J connectivity index is 0.000000463. The van der Waals surface area contributed by atoms with Crippen LogP contribution in [-0.2, 0) is 10.4 Å². The minimum absolute atomic E-state index is 0.245. The molecule has 0 aromatic carbocycles. The first-order valence-electron chi connectivity index (χ1n) is 5.07. The molecule has 0 atom stereocenters. The van der Waals surface area contributed by atoms with Crippen molar-refractivity contribution in [2.75, 3.05) is 0 Å². The maximum Gasteiger partial charge on any atom is 0.394 e. The molecule has 0 radical (unpaired) electrons. The van der Waals surface area contributed by atoms with Crippen LogP contribution < -0.4 is 0 Å². The molecule has 23 heavy (non-hydrogen) atoms. The molecule has 2 aromatic heterocycles. The lowest BCUT2D eigenvalue weighted by Crippen LogP contribution is -2.10. The second kappa shape index (κ2) is 6.30. The van der Waals surface area contributed by atoms with E-state index in [2.05, 4.69) is 19.9 Å². The van der Waals surface area contributed by atoms with Crippen LogP contribution in [0.2, 0.25) is 0 Å². The van der Waals surface area contributed by atoms with Gasteiger partial charge in [-0.05, 0) is 0 Å². The molecule has 0 fully saturated rings. The van der Waals surface area contributed by atoms with Gasteiger partial charge in [-0.1, -0.05) is 0 Å². The molecule has 15 heteroatoms. The van der Waals surface area contributed by atoms with Crippen LogP contribution >= 0.6 is 0 Å². The molecule has 0 aliphatic carbocycles. The first-order chi connectivity index (χ1) is 10.4. The summed E-state index contributed by atoms with van der Waals surface area (Å²) >= 11 is 0. The third kappa shape index (κ3) is 4.95. The Morgan fingerprint density at radius 1 is 0.870 bits per heavy atom. The summed E-state index contributed by atoms with van der Waals surface area (Å²) in [5.74, 6) is -5.82. The van der Waals surface area contributed by atoms with E-state index in [-0.39, 0.29) is 11.2 Å². The molecule has 0 spiro atoms. The molecular formula is C8H6N4O10S. The Morgan fingerprint density at radius 3 is 1.78 bits per heavy atom. The lowest BCUT2D eigenvalue weighted by molar-refractivity contribution is 0.0667. The zero-order valence-electron chi connectivity index (χ0n) is 10.5. The molecule has 0 amide bonds. The third-order valence-electron chi connectivity index (χ3n) is 1.95. The fourth-order valence-electron chi connectivity index (χ4n) is 1.25. The zero-order valence-corrected chi connectivity index (χ0v) is 11.3. The van der Waals surface area contributed by atoms with E-state index in [1.54, 1.807) is 0 Å². The van der Waals surface area contributed by atoms with Crippen LogP contribution in [-0.4, -0.2) is 70.7 Å². The van der Waals surface area contributed by atoms with Crippen LogP contribution in [0.4, 0.5) is 0 Å². The average molecular weight is 350 g/mol. The highest BCUT2D eigenvalue weighted by molar-refractivity contribution is 7.79. The summed E-state index contributed by atoms with van der Waals surface area (Å²) in [6.45, 7) is 0. The van der Waals surface area contributed by atoms with E-state index >= 15 is 0 Å². The Labute approximate surface area is 125 Å². The van der Waals surface area contributed by atoms with Crippen LogP contribution in [0.5, 0.6) is 0 Å². The third-order valence-corrected chi connectivity index (χ3v) is 1.95. The van der Waals surface area contributed by atoms with Crippen molar-refractivity contribution < 1.29 is 47.2 Å². The largest absolute Gasteiger partial charge is 0.476 e.